The summed E-state index contributed by atoms with van der Waals surface area (Å²) in [5, 5.41) is 0.160. The fourth-order valence-corrected chi connectivity index (χ4v) is 5.12. The van der Waals surface area contributed by atoms with E-state index in [0.29, 0.717) is 21.6 Å². The first-order valence-electron chi connectivity index (χ1n) is 11.0. The van der Waals surface area contributed by atoms with Crippen LogP contribution in [0.25, 0.3) is 6.08 Å². The molecule has 2 heterocycles. The van der Waals surface area contributed by atoms with Crippen LogP contribution in [0.15, 0.2) is 63.5 Å². The van der Waals surface area contributed by atoms with Gasteiger partial charge < -0.3 is 9.47 Å². The van der Waals surface area contributed by atoms with E-state index >= 15 is 0 Å². The molecule has 7 nitrogen and oxygen atoms in total. The molecule has 36 heavy (non-hydrogen) atoms. The number of rotatable bonds is 5. The van der Waals surface area contributed by atoms with Crippen LogP contribution in [-0.2, 0) is 14.3 Å². The van der Waals surface area contributed by atoms with E-state index < -0.39 is 35.5 Å². The number of hydrogen-bond acceptors (Lipinski definition) is 7. The summed E-state index contributed by atoms with van der Waals surface area (Å²) in [7, 11) is 1.28. The third kappa shape index (κ3) is 4.76. The van der Waals surface area contributed by atoms with Gasteiger partial charge in [0, 0.05) is 5.56 Å². The molecule has 0 spiro atoms. The van der Waals surface area contributed by atoms with E-state index in [1.165, 1.54) is 36.0 Å². The summed E-state index contributed by atoms with van der Waals surface area (Å²) in [6.07, 6.45) is 0.984. The lowest BCUT2D eigenvalue weighted by molar-refractivity contribution is -0.143. The van der Waals surface area contributed by atoms with Crippen LogP contribution >= 0.6 is 22.9 Å². The van der Waals surface area contributed by atoms with Crippen LogP contribution in [0.5, 0.6) is 0 Å². The van der Waals surface area contributed by atoms with E-state index in [9.17, 15) is 18.8 Å². The predicted octanol–water partition coefficient (Wildman–Crippen LogP) is 3.77. The minimum Gasteiger partial charge on any atom is -0.465 e. The third-order valence-corrected chi connectivity index (χ3v) is 6.82. The first-order valence-corrected chi connectivity index (χ1v) is 12.2. The van der Waals surface area contributed by atoms with Crippen LogP contribution in [0.3, 0.4) is 0 Å². The number of carbonyl (C=O) groups excluding carboxylic acids is 2. The van der Waals surface area contributed by atoms with Crippen molar-refractivity contribution in [2.24, 2.45) is 4.99 Å². The molecule has 1 aliphatic rings. The molecule has 1 atom stereocenters. The average molecular weight is 529 g/mol. The van der Waals surface area contributed by atoms with E-state index in [2.05, 4.69) is 4.99 Å². The third-order valence-electron chi connectivity index (χ3n) is 5.51. The summed E-state index contributed by atoms with van der Waals surface area (Å²) in [5.74, 6) is -1.70. The summed E-state index contributed by atoms with van der Waals surface area (Å²) >= 11 is 7.22. The Morgan fingerprint density at radius 1 is 1.17 bits per heavy atom. The van der Waals surface area contributed by atoms with E-state index in [1.807, 2.05) is 0 Å². The second-order valence-electron chi connectivity index (χ2n) is 8.28. The highest BCUT2D eigenvalue weighted by atomic mass is 35.5. The molecule has 1 aromatic heterocycles. The van der Waals surface area contributed by atoms with Crippen LogP contribution in [-0.4, -0.2) is 29.7 Å². The molecule has 1 aliphatic heterocycles. The van der Waals surface area contributed by atoms with E-state index in [1.54, 1.807) is 45.0 Å². The second kappa shape index (κ2) is 10.2. The van der Waals surface area contributed by atoms with Crippen molar-refractivity contribution in [1.82, 2.24) is 4.57 Å². The Hall–Kier alpha value is -3.56. The monoisotopic (exact) mass is 528 g/mol. The molecule has 10 heteroatoms. The number of thiazole rings is 1. The SMILES string of the molecule is COC(=O)c1ccc(C2C(C(=O)OC(C)C)=C(C)N=c3sc(=Cc4c(F)cccc4Cl)c(=O)n32)cc1. The van der Waals surface area contributed by atoms with Crippen molar-refractivity contribution in [2.45, 2.75) is 32.9 Å². The molecule has 186 valence electrons. The van der Waals surface area contributed by atoms with Gasteiger partial charge >= 0.3 is 11.9 Å². The van der Waals surface area contributed by atoms with Crippen LogP contribution < -0.4 is 14.9 Å². The standard InChI is InChI=1S/C26H22ClFN2O5S/c1-13(2)35-25(33)21-14(3)29-26-30(22(21)15-8-10-16(11-9-15)24(32)34-4)23(31)20(36-26)12-17-18(27)6-5-7-19(17)28/h5-13,22H,1-4H3. The number of methoxy groups -OCH3 is 1. The Balaban J connectivity index is 1.95. The quantitative estimate of drug-likeness (QED) is 0.471. The Morgan fingerprint density at radius 2 is 1.86 bits per heavy atom. The summed E-state index contributed by atoms with van der Waals surface area (Å²) in [6, 6.07) is 9.77. The van der Waals surface area contributed by atoms with Gasteiger partial charge in [-0.15, -0.1) is 0 Å². The smallest absolute Gasteiger partial charge is 0.338 e. The van der Waals surface area contributed by atoms with Gasteiger partial charge in [0.1, 0.15) is 5.82 Å². The Kier molecular flexibility index (Phi) is 7.23. The number of esters is 2. The number of allylic oxidation sites excluding steroid dienone is 1. The van der Waals surface area contributed by atoms with Gasteiger partial charge in [-0.3, -0.25) is 9.36 Å². The van der Waals surface area contributed by atoms with Crippen LogP contribution in [0.1, 0.15) is 48.3 Å². The molecule has 0 radical (unpaired) electrons. The van der Waals surface area contributed by atoms with Gasteiger partial charge in [0.2, 0.25) is 0 Å². The number of benzene rings is 2. The van der Waals surface area contributed by atoms with Crippen molar-refractivity contribution in [3.63, 3.8) is 0 Å². The van der Waals surface area contributed by atoms with Gasteiger partial charge in [0.05, 0.1) is 45.6 Å². The summed E-state index contributed by atoms with van der Waals surface area (Å²) in [4.78, 5) is 43.5. The van der Waals surface area contributed by atoms with Gasteiger partial charge in [0.15, 0.2) is 4.80 Å². The minimum atomic E-state index is -0.877. The number of ether oxygens (including phenoxy) is 2. The lowest BCUT2D eigenvalue weighted by Gasteiger charge is -2.25. The number of fused-ring (bicyclic) bond motifs is 1. The van der Waals surface area contributed by atoms with Crippen molar-refractivity contribution in [1.29, 1.82) is 0 Å². The topological polar surface area (TPSA) is 87.0 Å². The summed E-state index contributed by atoms with van der Waals surface area (Å²) in [5.41, 5.74) is 1.07. The van der Waals surface area contributed by atoms with Crippen molar-refractivity contribution in [2.75, 3.05) is 7.11 Å². The number of carbonyl (C=O) groups is 2. The van der Waals surface area contributed by atoms with Crippen molar-refractivity contribution >= 4 is 41.0 Å². The fraction of sp³-hybridized carbons (Fsp3) is 0.231. The molecule has 0 N–H and O–H groups in total. The molecule has 0 aliphatic carbocycles. The number of halogens is 2. The Labute approximate surface area is 214 Å². The van der Waals surface area contributed by atoms with Gasteiger partial charge in [0.25, 0.3) is 5.56 Å². The first kappa shape index (κ1) is 25.5. The highest BCUT2D eigenvalue weighted by Crippen LogP contribution is 2.31. The molecule has 0 fully saturated rings. The van der Waals surface area contributed by atoms with Gasteiger partial charge in [-0.1, -0.05) is 41.1 Å². The fourth-order valence-electron chi connectivity index (χ4n) is 3.87. The molecule has 4 rings (SSSR count). The molecule has 0 saturated carbocycles. The first-order chi connectivity index (χ1) is 17.1. The average Bonchev–Trinajstić information content (AvgIpc) is 3.14. The maximum Gasteiger partial charge on any atom is 0.338 e. The minimum absolute atomic E-state index is 0.0820. The maximum atomic E-state index is 14.4. The van der Waals surface area contributed by atoms with Crippen LogP contribution in [0, 0.1) is 5.82 Å². The molecule has 3 aromatic rings. The summed E-state index contributed by atoms with van der Waals surface area (Å²) < 4.78 is 26.2. The van der Waals surface area contributed by atoms with Gasteiger partial charge in [-0.25, -0.2) is 19.0 Å². The zero-order valence-corrected chi connectivity index (χ0v) is 21.4. The van der Waals surface area contributed by atoms with Crippen LogP contribution in [0.2, 0.25) is 5.02 Å². The lowest BCUT2D eigenvalue weighted by atomic mass is 9.95. The normalized spacial score (nSPS) is 15.5. The number of hydrogen-bond donors (Lipinski definition) is 0. The molecule has 0 amide bonds. The Bertz CT molecular complexity index is 1550. The van der Waals surface area contributed by atoms with E-state index in [0.717, 1.165) is 11.3 Å². The van der Waals surface area contributed by atoms with Crippen LogP contribution in [0.4, 0.5) is 4.39 Å². The lowest BCUT2D eigenvalue weighted by Crippen LogP contribution is -2.40. The van der Waals surface area contributed by atoms with E-state index in [-0.39, 0.29) is 20.7 Å². The molecule has 1 unspecified atom stereocenters. The highest BCUT2D eigenvalue weighted by Gasteiger charge is 2.34. The maximum absolute atomic E-state index is 14.4. The predicted molar refractivity (Wildman–Crippen MR) is 134 cm³/mol. The molecular formula is C26H22ClFN2O5S. The zero-order valence-electron chi connectivity index (χ0n) is 19.9. The van der Waals surface area contributed by atoms with Gasteiger partial charge in [-0.05, 0) is 56.7 Å². The summed E-state index contributed by atoms with van der Waals surface area (Å²) in [6.45, 7) is 5.11. The largest absolute Gasteiger partial charge is 0.465 e. The molecule has 0 bridgehead atoms. The number of aromatic nitrogens is 1. The zero-order chi connectivity index (χ0) is 26.1. The second-order valence-corrected chi connectivity index (χ2v) is 9.70. The van der Waals surface area contributed by atoms with Crippen molar-refractivity contribution < 1.29 is 23.5 Å². The van der Waals surface area contributed by atoms with Crippen molar-refractivity contribution in [3.8, 4) is 0 Å². The molecular weight excluding hydrogens is 507 g/mol. The molecule has 0 saturated heterocycles. The highest BCUT2D eigenvalue weighted by molar-refractivity contribution is 7.07. The molecule has 2 aromatic carbocycles. The van der Waals surface area contributed by atoms with E-state index in [4.69, 9.17) is 21.1 Å². The Morgan fingerprint density at radius 3 is 2.47 bits per heavy atom. The van der Waals surface area contributed by atoms with Crippen molar-refractivity contribution in [3.05, 3.63) is 101 Å². The number of nitrogens with zero attached hydrogens (tertiary/aromatic N) is 2. The van der Waals surface area contributed by atoms with Gasteiger partial charge in [-0.2, -0.15) is 0 Å².